The summed E-state index contributed by atoms with van der Waals surface area (Å²) in [4.78, 5) is 33.7. The summed E-state index contributed by atoms with van der Waals surface area (Å²) in [6.07, 6.45) is 0. The lowest BCUT2D eigenvalue weighted by Crippen LogP contribution is -2.62. The van der Waals surface area contributed by atoms with Gasteiger partial charge in [0.25, 0.3) is 11.8 Å². The topological polar surface area (TPSA) is 106 Å². The molecule has 0 atom stereocenters. The van der Waals surface area contributed by atoms with E-state index >= 15 is 0 Å². The lowest BCUT2D eigenvalue weighted by molar-refractivity contribution is 0.0358. The number of aryl methyl sites for hydroxylation is 1. The predicted octanol–water partition coefficient (Wildman–Crippen LogP) is 3.49. The van der Waals surface area contributed by atoms with Crippen molar-refractivity contribution in [2.24, 2.45) is 4.99 Å². The number of hydrogen-bond donors (Lipinski definition) is 3. The summed E-state index contributed by atoms with van der Waals surface area (Å²) >= 11 is 0. The van der Waals surface area contributed by atoms with E-state index in [0.717, 1.165) is 5.56 Å². The van der Waals surface area contributed by atoms with Gasteiger partial charge < -0.3 is 19.9 Å². The summed E-state index contributed by atoms with van der Waals surface area (Å²) < 4.78 is 5.35. The van der Waals surface area contributed by atoms with Crippen LogP contribution in [0.15, 0.2) is 35.3 Å². The zero-order chi connectivity index (χ0) is 28.5. The number of nitrogens with one attached hydrogen (secondary N) is 2. The van der Waals surface area contributed by atoms with Gasteiger partial charge in [-0.2, -0.15) is 0 Å². The molecule has 3 N–H and O–H groups in total. The number of nitrogens with zero attached hydrogens (tertiary/aromatic N) is 3. The molecule has 0 saturated carbocycles. The number of hydrazine groups is 1. The molecule has 0 saturated heterocycles. The molecule has 2 amide bonds. The Hall–Kier alpha value is -3.53. The van der Waals surface area contributed by atoms with Crippen LogP contribution in [-0.4, -0.2) is 64.4 Å². The average Bonchev–Trinajstić information content (AvgIpc) is 2.80. The smallest absolute Gasteiger partial charge is 0.454 e. The minimum absolute atomic E-state index is 0.00415. The zero-order valence-electron chi connectivity index (χ0n) is 24.1. The number of benzene rings is 2. The summed E-state index contributed by atoms with van der Waals surface area (Å²) in [6, 6.07) is 8.68. The number of guanidine groups is 1. The van der Waals surface area contributed by atoms with Crippen LogP contribution >= 0.6 is 0 Å². The number of anilines is 1. The van der Waals surface area contributed by atoms with Crippen LogP contribution in [0.25, 0.3) is 0 Å². The lowest BCUT2D eigenvalue weighted by atomic mass is 9.66. The summed E-state index contributed by atoms with van der Waals surface area (Å²) in [5.74, 6) is 0.359. The number of fused-ring (bicyclic) bond motifs is 1. The van der Waals surface area contributed by atoms with Crippen molar-refractivity contribution in [3.05, 3.63) is 52.6 Å². The second-order valence-electron chi connectivity index (χ2n) is 11.2. The number of rotatable bonds is 5. The fourth-order valence-corrected chi connectivity index (χ4v) is 4.57. The first-order chi connectivity index (χ1) is 17.7. The molecule has 1 heterocycles. The Bertz CT molecular complexity index is 1250. The number of amides is 2. The van der Waals surface area contributed by atoms with E-state index in [0.29, 0.717) is 39.5 Å². The third-order valence-corrected chi connectivity index (χ3v) is 6.42. The molecule has 9 nitrogen and oxygen atoms in total. The molecule has 204 valence electrons. The van der Waals surface area contributed by atoms with Gasteiger partial charge >= 0.3 is 7.05 Å². The van der Waals surface area contributed by atoms with Gasteiger partial charge in [0.2, 0.25) is 0 Å². The molecule has 0 spiro atoms. The molecule has 1 aliphatic rings. The molecule has 2 aromatic carbocycles. The van der Waals surface area contributed by atoms with E-state index in [9.17, 15) is 14.6 Å². The fraction of sp³-hybridized carbons (Fsp3) is 0.464. The third-order valence-electron chi connectivity index (χ3n) is 6.42. The molecule has 2 aromatic rings. The maximum atomic E-state index is 13.9. The van der Waals surface area contributed by atoms with Crippen LogP contribution in [0.3, 0.4) is 0 Å². The van der Waals surface area contributed by atoms with Gasteiger partial charge in [-0.1, -0.05) is 6.07 Å². The molecule has 0 bridgehead atoms. The summed E-state index contributed by atoms with van der Waals surface area (Å²) in [5.41, 5.74) is 5.62. The molecule has 1 aliphatic heterocycles. The Morgan fingerprint density at radius 2 is 1.82 bits per heavy atom. The molecule has 38 heavy (non-hydrogen) atoms. The molecule has 0 aromatic heterocycles. The fourth-order valence-electron chi connectivity index (χ4n) is 4.57. The largest absolute Gasteiger partial charge is 0.496 e. The van der Waals surface area contributed by atoms with Crippen LogP contribution in [0.1, 0.15) is 80.3 Å². The van der Waals surface area contributed by atoms with Crippen molar-refractivity contribution in [1.29, 1.82) is 0 Å². The van der Waals surface area contributed by atoms with Crippen molar-refractivity contribution < 1.29 is 19.3 Å². The minimum Gasteiger partial charge on any atom is -0.496 e. The number of aliphatic imine (C=N–C) groups is 1. The van der Waals surface area contributed by atoms with Crippen molar-refractivity contribution in [3.63, 3.8) is 0 Å². The maximum Gasteiger partial charge on any atom is 0.454 e. The highest BCUT2D eigenvalue weighted by atomic mass is 16.5. The lowest BCUT2D eigenvalue weighted by Gasteiger charge is -2.39. The first-order valence-corrected chi connectivity index (χ1v) is 12.9. The van der Waals surface area contributed by atoms with Gasteiger partial charge in [-0.3, -0.25) is 20.0 Å². The van der Waals surface area contributed by atoms with Crippen LogP contribution in [0.2, 0.25) is 0 Å². The van der Waals surface area contributed by atoms with E-state index < -0.39 is 18.5 Å². The van der Waals surface area contributed by atoms with Gasteiger partial charge in [0, 0.05) is 39.9 Å². The summed E-state index contributed by atoms with van der Waals surface area (Å²) in [5, 5.41) is 16.0. The highest BCUT2D eigenvalue weighted by molar-refractivity contribution is 6.70. The molecule has 0 aliphatic carbocycles. The number of hydrogen-bond acceptors (Lipinski definition) is 5. The van der Waals surface area contributed by atoms with E-state index in [1.807, 2.05) is 60.2 Å². The maximum absolute atomic E-state index is 13.9. The Balaban J connectivity index is 2.02. The Morgan fingerprint density at radius 1 is 1.16 bits per heavy atom. The van der Waals surface area contributed by atoms with E-state index in [4.69, 9.17) is 4.74 Å². The molecule has 3 rings (SSSR count). The second kappa shape index (κ2) is 11.1. The SMILES string of the molecule is COc1cccc(C(=O)NN(C(=O)c2cc(C)c3c(c2)NC(=NC(C)C)N(C(C)C)B3O)C(C)(C)C)c1C. The molecular weight excluding hydrogens is 481 g/mol. The van der Waals surface area contributed by atoms with Crippen LogP contribution in [0, 0.1) is 13.8 Å². The summed E-state index contributed by atoms with van der Waals surface area (Å²) in [6.45, 7) is 17.1. The third kappa shape index (κ3) is 5.80. The number of carbonyl (C=O) groups is 2. The normalized spacial score (nSPS) is 14.5. The van der Waals surface area contributed by atoms with Crippen LogP contribution in [0.5, 0.6) is 5.75 Å². The number of ether oxygens (including phenoxy) is 1. The Labute approximate surface area is 226 Å². The second-order valence-corrected chi connectivity index (χ2v) is 11.2. The Kier molecular flexibility index (Phi) is 8.46. The monoisotopic (exact) mass is 521 g/mol. The van der Waals surface area contributed by atoms with Crippen LogP contribution < -0.4 is 20.9 Å². The quantitative estimate of drug-likeness (QED) is 0.411. The molecule has 0 unspecified atom stereocenters. The Morgan fingerprint density at radius 3 is 2.37 bits per heavy atom. The first-order valence-electron chi connectivity index (χ1n) is 12.9. The predicted molar refractivity (Wildman–Crippen MR) is 153 cm³/mol. The van der Waals surface area contributed by atoms with Crippen LogP contribution in [0.4, 0.5) is 5.69 Å². The van der Waals surface area contributed by atoms with Gasteiger partial charge in [-0.25, -0.2) is 5.01 Å². The molecular formula is C28H40BN5O4. The first kappa shape index (κ1) is 29.0. The highest BCUT2D eigenvalue weighted by Gasteiger charge is 2.39. The van der Waals surface area contributed by atoms with Crippen molar-refractivity contribution >= 4 is 36.0 Å². The van der Waals surface area contributed by atoms with Gasteiger partial charge in [0.1, 0.15) is 5.75 Å². The van der Waals surface area contributed by atoms with Gasteiger partial charge in [-0.05, 0) is 92.1 Å². The van der Waals surface area contributed by atoms with Crippen molar-refractivity contribution in [3.8, 4) is 5.75 Å². The zero-order valence-corrected chi connectivity index (χ0v) is 24.1. The van der Waals surface area contributed by atoms with E-state index in [1.54, 1.807) is 44.4 Å². The van der Waals surface area contributed by atoms with E-state index in [2.05, 4.69) is 15.7 Å². The van der Waals surface area contributed by atoms with Crippen LogP contribution in [-0.2, 0) is 0 Å². The van der Waals surface area contributed by atoms with Gasteiger partial charge in [0.05, 0.1) is 12.6 Å². The van der Waals surface area contributed by atoms with Crippen molar-refractivity contribution in [1.82, 2.24) is 15.2 Å². The minimum atomic E-state index is -0.914. The molecule has 0 radical (unpaired) electrons. The van der Waals surface area contributed by atoms with E-state index in [1.165, 1.54) is 5.01 Å². The standard InChI is InChI=1S/C28H40BN5O4/c1-16(2)30-27-31-22-15-20(14-18(5)24(22)29(37)33(27)17(3)4)26(36)34(28(7,8)9)32-25(35)21-12-11-13-23(38-10)19(21)6/h11-17,37H,1-10H3,(H,30,31)(H,32,35). The number of methoxy groups -OCH3 is 1. The van der Waals surface area contributed by atoms with Crippen molar-refractivity contribution in [2.45, 2.75) is 79.9 Å². The number of carbonyl (C=O) groups excluding carboxylic acids is 2. The highest BCUT2D eigenvalue weighted by Crippen LogP contribution is 2.25. The molecule has 0 fully saturated rings. The van der Waals surface area contributed by atoms with Crippen molar-refractivity contribution in [2.75, 3.05) is 12.4 Å². The van der Waals surface area contributed by atoms with E-state index in [-0.39, 0.29) is 18.0 Å². The summed E-state index contributed by atoms with van der Waals surface area (Å²) in [7, 11) is 0.637. The van der Waals surface area contributed by atoms with Gasteiger partial charge in [0.15, 0.2) is 5.96 Å². The average molecular weight is 521 g/mol. The van der Waals surface area contributed by atoms with Gasteiger partial charge in [-0.15, -0.1) is 0 Å². The molecule has 10 heteroatoms.